The van der Waals surface area contributed by atoms with Crippen molar-refractivity contribution in [3.63, 3.8) is 0 Å². The number of alkyl halides is 3. The highest BCUT2D eigenvalue weighted by atomic mass is 19.4. The number of imidazole rings is 1. The highest BCUT2D eigenvalue weighted by molar-refractivity contribution is 5.95. The molecule has 4 aromatic rings. The molecule has 4 rings (SSSR count). The number of pyridine rings is 2. The number of anilines is 2. The Balaban J connectivity index is 1.40. The zero-order chi connectivity index (χ0) is 22.9. The highest BCUT2D eigenvalue weighted by Gasteiger charge is 2.30. The van der Waals surface area contributed by atoms with Gasteiger partial charge >= 0.3 is 6.18 Å². The van der Waals surface area contributed by atoms with Crippen LogP contribution >= 0.6 is 0 Å². The van der Waals surface area contributed by atoms with E-state index in [4.69, 9.17) is 0 Å². The van der Waals surface area contributed by atoms with Crippen molar-refractivity contribution in [1.29, 1.82) is 0 Å². The molecule has 9 nitrogen and oxygen atoms in total. The van der Waals surface area contributed by atoms with Crippen molar-refractivity contribution in [2.75, 3.05) is 5.32 Å². The van der Waals surface area contributed by atoms with Crippen LogP contribution in [0.4, 0.5) is 24.8 Å². The van der Waals surface area contributed by atoms with E-state index in [2.05, 4.69) is 35.6 Å². The molecule has 0 aliphatic carbocycles. The van der Waals surface area contributed by atoms with Crippen molar-refractivity contribution >= 4 is 28.6 Å². The number of halogens is 3. The van der Waals surface area contributed by atoms with Crippen molar-refractivity contribution in [2.24, 2.45) is 7.05 Å². The Morgan fingerprint density at radius 3 is 2.44 bits per heavy atom. The molecule has 1 atom stereocenters. The lowest BCUT2D eigenvalue weighted by atomic mass is 10.2. The first-order valence-electron chi connectivity index (χ1n) is 9.41. The average molecular weight is 442 g/mol. The third kappa shape index (κ3) is 4.48. The maximum absolute atomic E-state index is 12.6. The van der Waals surface area contributed by atoms with Crippen LogP contribution < -0.4 is 10.6 Å². The standard InChI is InChI=1S/C20H17F3N8O/c1-11(29-19(32)13-5-16-15(8-24-13)28-10-31(16)2)14-7-27-18(9-25-14)30-17-4-3-12(6-26-17)20(21,22)23/h3-11H,1-2H3,(H,29,32)(H,26,27,30). The molecule has 0 radical (unpaired) electrons. The van der Waals surface area contributed by atoms with Gasteiger partial charge in [-0.3, -0.25) is 9.78 Å². The van der Waals surface area contributed by atoms with Gasteiger partial charge in [0.25, 0.3) is 5.91 Å². The van der Waals surface area contributed by atoms with Crippen LogP contribution in [0.1, 0.15) is 34.7 Å². The van der Waals surface area contributed by atoms with Gasteiger partial charge in [-0.1, -0.05) is 0 Å². The minimum Gasteiger partial charge on any atom is -0.343 e. The van der Waals surface area contributed by atoms with Crippen molar-refractivity contribution < 1.29 is 18.0 Å². The minimum absolute atomic E-state index is 0.193. The topological polar surface area (TPSA) is 111 Å². The first-order valence-corrected chi connectivity index (χ1v) is 9.41. The normalized spacial score (nSPS) is 12.5. The van der Waals surface area contributed by atoms with E-state index in [1.165, 1.54) is 24.7 Å². The maximum atomic E-state index is 12.6. The summed E-state index contributed by atoms with van der Waals surface area (Å²) in [6.07, 6.45) is 2.31. The number of hydrogen-bond acceptors (Lipinski definition) is 7. The number of aryl methyl sites for hydroxylation is 1. The van der Waals surface area contributed by atoms with Gasteiger partial charge in [-0.05, 0) is 25.1 Å². The van der Waals surface area contributed by atoms with Crippen molar-refractivity contribution in [3.05, 3.63) is 66.3 Å². The van der Waals surface area contributed by atoms with Gasteiger partial charge in [-0.15, -0.1) is 0 Å². The van der Waals surface area contributed by atoms with Crippen LogP contribution in [0.3, 0.4) is 0 Å². The number of nitrogens with zero attached hydrogens (tertiary/aromatic N) is 6. The molecule has 1 unspecified atom stereocenters. The molecule has 12 heteroatoms. The first-order chi connectivity index (χ1) is 15.2. The SMILES string of the molecule is CC(NC(=O)c1cc2c(cn1)ncn2C)c1cnc(Nc2ccc(C(F)(F)F)cn2)cn1. The molecule has 0 aliphatic heterocycles. The summed E-state index contributed by atoms with van der Waals surface area (Å²) in [6, 6.07) is 3.32. The third-order valence-corrected chi connectivity index (χ3v) is 4.65. The Labute approximate surface area is 179 Å². The summed E-state index contributed by atoms with van der Waals surface area (Å²) in [5.41, 5.74) is 1.36. The van der Waals surface area contributed by atoms with E-state index in [-0.39, 0.29) is 17.4 Å². The van der Waals surface area contributed by atoms with Gasteiger partial charge in [0.15, 0.2) is 0 Å². The predicted octanol–water partition coefficient (Wildman–Crippen LogP) is 3.41. The summed E-state index contributed by atoms with van der Waals surface area (Å²) in [7, 11) is 1.82. The van der Waals surface area contributed by atoms with E-state index in [0.29, 0.717) is 17.0 Å². The van der Waals surface area contributed by atoms with Crippen molar-refractivity contribution in [1.82, 2.24) is 34.8 Å². The Morgan fingerprint density at radius 2 is 1.78 bits per heavy atom. The van der Waals surface area contributed by atoms with Gasteiger partial charge in [0.2, 0.25) is 0 Å². The fraction of sp³-hybridized carbons (Fsp3) is 0.200. The average Bonchev–Trinajstić information content (AvgIpc) is 3.14. The van der Waals surface area contributed by atoms with Crippen LogP contribution in [0.2, 0.25) is 0 Å². The Kier molecular flexibility index (Phi) is 5.43. The number of fused-ring (bicyclic) bond motifs is 1. The van der Waals surface area contributed by atoms with Crippen molar-refractivity contribution in [2.45, 2.75) is 19.1 Å². The zero-order valence-corrected chi connectivity index (χ0v) is 16.9. The summed E-state index contributed by atoms with van der Waals surface area (Å²) in [5.74, 6) is 0.111. The molecule has 2 N–H and O–H groups in total. The lowest BCUT2D eigenvalue weighted by molar-refractivity contribution is -0.137. The molecule has 32 heavy (non-hydrogen) atoms. The zero-order valence-electron chi connectivity index (χ0n) is 16.9. The number of carbonyl (C=O) groups excluding carboxylic acids is 1. The van der Waals surface area contributed by atoms with Gasteiger partial charge in [0.1, 0.15) is 22.8 Å². The van der Waals surface area contributed by atoms with Crippen LogP contribution in [0.5, 0.6) is 0 Å². The summed E-state index contributed by atoms with van der Waals surface area (Å²) in [5, 5.41) is 5.58. The quantitative estimate of drug-likeness (QED) is 0.487. The van der Waals surface area contributed by atoms with E-state index in [1.807, 2.05) is 7.05 Å². The van der Waals surface area contributed by atoms with Gasteiger partial charge in [-0.25, -0.2) is 19.9 Å². The molecule has 0 bridgehead atoms. The largest absolute Gasteiger partial charge is 0.417 e. The molecule has 1 amide bonds. The summed E-state index contributed by atoms with van der Waals surface area (Å²) >= 11 is 0. The fourth-order valence-electron chi connectivity index (χ4n) is 2.89. The van der Waals surface area contributed by atoms with Gasteiger partial charge in [0, 0.05) is 13.2 Å². The molecule has 0 saturated heterocycles. The monoisotopic (exact) mass is 442 g/mol. The molecular formula is C20H17F3N8O. The second-order valence-corrected chi connectivity index (χ2v) is 6.99. The van der Waals surface area contributed by atoms with Crippen LogP contribution in [0, 0.1) is 0 Å². The van der Waals surface area contributed by atoms with Gasteiger partial charge in [-0.2, -0.15) is 13.2 Å². The molecule has 0 aliphatic rings. The summed E-state index contributed by atoms with van der Waals surface area (Å²) < 4.78 is 39.6. The second kappa shape index (κ2) is 8.21. The van der Waals surface area contributed by atoms with Crippen LogP contribution in [-0.2, 0) is 13.2 Å². The van der Waals surface area contributed by atoms with E-state index < -0.39 is 17.8 Å². The van der Waals surface area contributed by atoms with Crippen LogP contribution in [0.25, 0.3) is 11.0 Å². The molecular weight excluding hydrogens is 425 g/mol. The Morgan fingerprint density at radius 1 is 1.00 bits per heavy atom. The summed E-state index contributed by atoms with van der Waals surface area (Å²) in [6.45, 7) is 1.75. The van der Waals surface area contributed by atoms with E-state index in [0.717, 1.165) is 17.8 Å². The number of hydrogen-bond donors (Lipinski definition) is 2. The second-order valence-electron chi connectivity index (χ2n) is 6.99. The molecule has 0 spiro atoms. The minimum atomic E-state index is -4.45. The number of aromatic nitrogens is 6. The lowest BCUT2D eigenvalue weighted by Gasteiger charge is -2.13. The molecule has 0 aromatic carbocycles. The predicted molar refractivity (Wildman–Crippen MR) is 109 cm³/mol. The molecule has 164 valence electrons. The number of rotatable bonds is 5. The number of nitrogens with one attached hydrogen (secondary N) is 2. The third-order valence-electron chi connectivity index (χ3n) is 4.65. The lowest BCUT2D eigenvalue weighted by Crippen LogP contribution is -2.28. The number of carbonyl (C=O) groups is 1. The maximum Gasteiger partial charge on any atom is 0.417 e. The molecule has 0 saturated carbocycles. The molecule has 4 heterocycles. The first kappa shape index (κ1) is 21.2. The van der Waals surface area contributed by atoms with Crippen LogP contribution in [-0.4, -0.2) is 35.4 Å². The summed E-state index contributed by atoms with van der Waals surface area (Å²) in [4.78, 5) is 33.0. The van der Waals surface area contributed by atoms with Gasteiger partial charge in [0.05, 0.1) is 47.7 Å². The molecule has 0 fully saturated rings. The van der Waals surface area contributed by atoms with Crippen molar-refractivity contribution in [3.8, 4) is 0 Å². The highest BCUT2D eigenvalue weighted by Crippen LogP contribution is 2.29. The number of amides is 1. The van der Waals surface area contributed by atoms with Crippen LogP contribution in [0.15, 0.2) is 49.3 Å². The fourth-order valence-corrected chi connectivity index (χ4v) is 2.89. The van der Waals surface area contributed by atoms with E-state index in [1.54, 1.807) is 23.9 Å². The Hall–Kier alpha value is -4.09. The Bertz CT molecular complexity index is 1250. The van der Waals surface area contributed by atoms with E-state index in [9.17, 15) is 18.0 Å². The van der Waals surface area contributed by atoms with E-state index >= 15 is 0 Å². The van der Waals surface area contributed by atoms with Gasteiger partial charge < -0.3 is 15.2 Å². The smallest absolute Gasteiger partial charge is 0.343 e. The molecule has 4 aromatic heterocycles.